The fourth-order valence-corrected chi connectivity index (χ4v) is 11.6. The van der Waals surface area contributed by atoms with Crippen molar-refractivity contribution in [3.8, 4) is 11.4 Å². The van der Waals surface area contributed by atoms with E-state index in [-0.39, 0.29) is 114 Å². The molecule has 446 valence electrons. The van der Waals surface area contributed by atoms with E-state index in [2.05, 4.69) is 26.6 Å². The smallest absolute Gasteiger partial charge is 0.343 e. The van der Waals surface area contributed by atoms with Gasteiger partial charge in [0.15, 0.2) is 17.2 Å². The number of aliphatic hydroxyl groups is 1. The Hall–Kier alpha value is -8.54. The van der Waals surface area contributed by atoms with Gasteiger partial charge in [-0.05, 0) is 80.2 Å². The lowest BCUT2D eigenvalue weighted by Crippen LogP contribution is -2.50. The predicted molar refractivity (Wildman–Crippen MR) is 297 cm³/mol. The first-order valence-electron chi connectivity index (χ1n) is 28.5. The summed E-state index contributed by atoms with van der Waals surface area (Å²) in [5.74, 6) is -8.07. The first kappa shape index (κ1) is 61.5. The number of likely N-dealkylation sites (tertiary alicyclic amines) is 1. The molecule has 7 amide bonds. The number of rotatable bonds is 28. The first-order chi connectivity index (χ1) is 40.1. The van der Waals surface area contributed by atoms with E-state index in [0.29, 0.717) is 64.7 Å². The minimum atomic E-state index is -2.05. The van der Waals surface area contributed by atoms with Crippen molar-refractivity contribution in [2.45, 2.75) is 160 Å². The van der Waals surface area contributed by atoms with Crippen LogP contribution >= 0.6 is 0 Å². The fraction of sp³-hybridized carbons (Fsp3) is 0.483. The number of aryl methyl sites for hydroxylation is 1. The average molecular weight is 1160 g/mol. The Labute approximate surface area is 482 Å². The van der Waals surface area contributed by atoms with Crippen molar-refractivity contribution in [3.05, 3.63) is 97.6 Å². The number of ketones is 2. The van der Waals surface area contributed by atoms with E-state index in [4.69, 9.17) is 9.72 Å². The molecule has 0 bridgehead atoms. The van der Waals surface area contributed by atoms with Gasteiger partial charge in [0.05, 0.1) is 47.6 Å². The molecule has 1 unspecified atom stereocenters. The molecular formula is C60H69FN8O15. The lowest BCUT2D eigenvalue weighted by Gasteiger charge is -2.31. The maximum Gasteiger partial charge on any atom is 0.343 e. The number of Topliss-reactive ketones (excluding diaryl/α,β-unsaturated/α-hetero) is 2. The minimum absolute atomic E-state index is 0.00464. The molecule has 2 aromatic carbocycles. The summed E-state index contributed by atoms with van der Waals surface area (Å²) in [6.07, 6.45) is -0.0761. The highest BCUT2D eigenvalue weighted by Gasteiger charge is 2.47. The molecule has 1 aliphatic carbocycles. The number of nitrogens with zero attached hydrogens (tertiary/aromatic N) is 3. The molecule has 4 aliphatic rings. The molecule has 2 aromatic heterocycles. The van der Waals surface area contributed by atoms with Crippen molar-refractivity contribution in [3.63, 3.8) is 0 Å². The molecule has 8 rings (SSSR count). The Morgan fingerprint density at radius 3 is 2.31 bits per heavy atom. The summed E-state index contributed by atoms with van der Waals surface area (Å²) in [6.45, 7) is 4.29. The van der Waals surface area contributed by atoms with Crippen LogP contribution in [0.25, 0.3) is 22.3 Å². The third kappa shape index (κ3) is 13.6. The number of carbonyl (C=O) groups excluding carboxylic acids is 10. The van der Waals surface area contributed by atoms with Gasteiger partial charge in [0.1, 0.15) is 18.5 Å². The standard InChI is InChI=1S/C60H69FN8O15/c1-4-10-34-26-51(76)69(57(34)80)44(17-21-52(77)78)56(79)63-24-22-48(73)64-29-35(70)14-19-50(75)66-42(25-33-11-7-6-8-12-33)46(71)18-20-47(72)62-23-9-13-49(74)65-41-16-15-36-32(3)40(61)28-43-53(36)54(41)37-30-68-45(55(37)67-43)27-39-38(58(68)81)31-84-59(82)60(39,83)5-2/h6-8,11-12,27-28,34,41-42,44,83H,4-5,9-10,13-26,29-31H2,1-3H3,(H,62,72)(H,63,79)(H,64,73)(H,65,74)(H,66,75)(H,77,78)/t34?,41-,42-,44-,60-/m0/s1. The van der Waals surface area contributed by atoms with Crippen LogP contribution in [0.15, 0.2) is 47.3 Å². The van der Waals surface area contributed by atoms with Crippen LogP contribution in [0.2, 0.25) is 0 Å². The normalized spacial score (nSPS) is 18.2. The summed E-state index contributed by atoms with van der Waals surface area (Å²) in [6, 6.07) is 8.77. The molecule has 1 fully saturated rings. The molecule has 0 spiro atoms. The first-order valence-corrected chi connectivity index (χ1v) is 28.5. The van der Waals surface area contributed by atoms with E-state index >= 15 is 4.39 Å². The molecule has 4 aromatic rings. The van der Waals surface area contributed by atoms with Crippen molar-refractivity contribution < 1.29 is 72.1 Å². The number of aliphatic carboxylic acids is 1. The van der Waals surface area contributed by atoms with E-state index in [1.54, 1.807) is 50.2 Å². The third-order valence-corrected chi connectivity index (χ3v) is 16.1. The maximum atomic E-state index is 15.4. The highest BCUT2D eigenvalue weighted by atomic mass is 19.1. The zero-order chi connectivity index (χ0) is 60.6. The number of esters is 1. The van der Waals surface area contributed by atoms with Gasteiger partial charge < -0.3 is 46.1 Å². The number of hydrogen-bond donors (Lipinski definition) is 7. The molecule has 5 atom stereocenters. The summed E-state index contributed by atoms with van der Waals surface area (Å²) >= 11 is 0. The van der Waals surface area contributed by atoms with Gasteiger partial charge in [-0.15, -0.1) is 0 Å². The van der Waals surface area contributed by atoms with Gasteiger partial charge in [0, 0.05) is 93.0 Å². The number of carboxylic acids is 1. The van der Waals surface area contributed by atoms with Gasteiger partial charge in [-0.3, -0.25) is 57.6 Å². The second kappa shape index (κ2) is 26.8. The number of ether oxygens (including phenoxy) is 1. The Morgan fingerprint density at radius 1 is 0.845 bits per heavy atom. The zero-order valence-electron chi connectivity index (χ0n) is 47.1. The number of pyridine rings is 2. The van der Waals surface area contributed by atoms with Crippen LogP contribution in [0, 0.1) is 18.7 Å². The highest BCUT2D eigenvalue weighted by Crippen LogP contribution is 2.46. The van der Waals surface area contributed by atoms with Crippen LogP contribution in [-0.4, -0.2) is 121 Å². The lowest BCUT2D eigenvalue weighted by molar-refractivity contribution is -0.172. The Bertz CT molecular complexity index is 3400. The van der Waals surface area contributed by atoms with Gasteiger partial charge in [-0.2, -0.15) is 0 Å². The summed E-state index contributed by atoms with van der Waals surface area (Å²) < 4.78 is 22.1. The predicted octanol–water partition coefficient (Wildman–Crippen LogP) is 2.98. The fourth-order valence-electron chi connectivity index (χ4n) is 11.6. The van der Waals surface area contributed by atoms with Gasteiger partial charge in [0.2, 0.25) is 41.4 Å². The molecule has 84 heavy (non-hydrogen) atoms. The zero-order valence-corrected chi connectivity index (χ0v) is 47.1. The van der Waals surface area contributed by atoms with Crippen LogP contribution in [0.4, 0.5) is 4.39 Å². The maximum absolute atomic E-state index is 15.4. The highest BCUT2D eigenvalue weighted by molar-refractivity contribution is 6.07. The molecule has 3 aliphatic heterocycles. The topological polar surface area (TPSA) is 336 Å². The molecule has 23 nitrogen and oxygen atoms in total. The summed E-state index contributed by atoms with van der Waals surface area (Å²) in [5, 5.41) is 34.7. The van der Waals surface area contributed by atoms with Crippen LogP contribution < -0.4 is 32.1 Å². The van der Waals surface area contributed by atoms with Crippen LogP contribution in [0.3, 0.4) is 0 Å². The van der Waals surface area contributed by atoms with E-state index in [1.165, 1.54) is 10.6 Å². The largest absolute Gasteiger partial charge is 0.481 e. The van der Waals surface area contributed by atoms with Crippen LogP contribution in [-0.2, 0) is 89.1 Å². The Morgan fingerprint density at radius 2 is 1.58 bits per heavy atom. The van der Waals surface area contributed by atoms with Crippen LogP contribution in [0.5, 0.6) is 0 Å². The molecule has 0 radical (unpaired) electrons. The molecule has 1 saturated heterocycles. The van der Waals surface area contributed by atoms with Crippen molar-refractivity contribution >= 4 is 75.8 Å². The average Bonchev–Trinajstić information content (AvgIpc) is 2.33. The Balaban J connectivity index is 0.791. The number of amides is 7. The van der Waals surface area contributed by atoms with Gasteiger partial charge in [-0.1, -0.05) is 50.6 Å². The number of cyclic esters (lactones) is 1. The molecule has 0 saturated carbocycles. The summed E-state index contributed by atoms with van der Waals surface area (Å²) in [7, 11) is 0. The minimum Gasteiger partial charge on any atom is -0.481 e. The monoisotopic (exact) mass is 1160 g/mol. The number of imide groups is 1. The molecule has 7 N–H and O–H groups in total. The van der Waals surface area contributed by atoms with Gasteiger partial charge >= 0.3 is 11.9 Å². The van der Waals surface area contributed by atoms with E-state index in [9.17, 15) is 67.7 Å². The Kier molecular flexibility index (Phi) is 19.6. The number of carbonyl (C=O) groups is 11. The second-order valence-electron chi connectivity index (χ2n) is 21.8. The van der Waals surface area contributed by atoms with Gasteiger partial charge in [0.25, 0.3) is 5.56 Å². The van der Waals surface area contributed by atoms with Crippen molar-refractivity contribution in [1.29, 1.82) is 0 Å². The molecule has 24 heteroatoms. The van der Waals surface area contributed by atoms with E-state index in [1.807, 2.05) is 6.92 Å². The number of carboxylic acid groups (broad SMARTS) is 1. The quantitative estimate of drug-likeness (QED) is 0.0215. The van der Waals surface area contributed by atoms with Crippen molar-refractivity contribution in [1.82, 2.24) is 41.0 Å². The number of fused-ring (bicyclic) bond motifs is 5. The van der Waals surface area contributed by atoms with E-state index in [0.717, 1.165) is 16.0 Å². The SMILES string of the molecule is CCCC1CC(=O)N([C@@H](CCC(=O)O)C(=O)NCCC(=O)NCC(=O)CCC(=O)N[C@@H](Cc2ccccc2)C(=O)CCC(=O)NCCCC(=O)N[C@H]2CCc3c(C)c(F)cc4nc5c(c2c34)Cn2c-5cc3c(c2=O)COC(=O)[C@]3(O)CC)C1=O. The number of halogens is 1. The third-order valence-electron chi connectivity index (χ3n) is 16.1. The van der Waals surface area contributed by atoms with Crippen molar-refractivity contribution in [2.24, 2.45) is 5.92 Å². The summed E-state index contributed by atoms with van der Waals surface area (Å²) in [5.41, 5.74) is 2.09. The molecular weight excluding hydrogens is 1090 g/mol. The number of hydrogen-bond acceptors (Lipinski definition) is 15. The van der Waals surface area contributed by atoms with Crippen LogP contribution in [0.1, 0.15) is 149 Å². The van der Waals surface area contributed by atoms with Gasteiger partial charge in [-0.25, -0.2) is 14.2 Å². The second-order valence-corrected chi connectivity index (χ2v) is 21.8. The number of nitrogens with one attached hydrogen (secondary N) is 5. The summed E-state index contributed by atoms with van der Waals surface area (Å²) in [4.78, 5) is 161. The number of aromatic nitrogens is 2. The lowest BCUT2D eigenvalue weighted by atomic mass is 9.81. The van der Waals surface area contributed by atoms with E-state index < -0.39 is 113 Å². The number of benzene rings is 2. The van der Waals surface area contributed by atoms with Crippen molar-refractivity contribution in [2.75, 3.05) is 19.6 Å². The molecule has 5 heterocycles.